The fourth-order valence-electron chi connectivity index (χ4n) is 1.98. The largest absolute Gasteiger partial charge is 0.464 e. The lowest BCUT2D eigenvalue weighted by atomic mass is 10.0. The highest BCUT2D eigenvalue weighted by Crippen LogP contribution is 2.27. The van der Waals surface area contributed by atoms with E-state index >= 15 is 0 Å². The molecule has 0 saturated carbocycles. The van der Waals surface area contributed by atoms with Crippen LogP contribution in [0.3, 0.4) is 0 Å². The number of rotatable bonds is 4. The van der Waals surface area contributed by atoms with Gasteiger partial charge < -0.3 is 4.74 Å². The molecule has 0 aliphatic heterocycles. The molecule has 0 radical (unpaired) electrons. The summed E-state index contributed by atoms with van der Waals surface area (Å²) in [5.74, 6) is 7.26. The van der Waals surface area contributed by atoms with E-state index in [0.29, 0.717) is 0 Å². The Morgan fingerprint density at radius 2 is 2.05 bits per heavy atom. The zero-order valence-corrected chi connectivity index (χ0v) is 11.3. The number of benzene rings is 2. The Bertz CT molecular complexity index is 629. The highest BCUT2D eigenvalue weighted by Gasteiger charge is 2.05. The van der Waals surface area contributed by atoms with Crippen molar-refractivity contribution in [1.82, 2.24) is 0 Å². The molecule has 0 heterocycles. The number of unbranched alkanes of at least 4 members (excludes halogenated alkanes) is 2. The molecule has 0 spiro atoms. The minimum Gasteiger partial charge on any atom is -0.464 e. The van der Waals surface area contributed by atoms with Crippen molar-refractivity contribution < 1.29 is 4.74 Å². The van der Waals surface area contributed by atoms with Crippen LogP contribution in [0.15, 0.2) is 49.2 Å². The van der Waals surface area contributed by atoms with Crippen LogP contribution in [0.2, 0.25) is 0 Å². The maximum Gasteiger partial charge on any atom is 0.142 e. The van der Waals surface area contributed by atoms with E-state index in [0.717, 1.165) is 29.5 Å². The molecule has 1 nitrogen and oxygen atoms in total. The van der Waals surface area contributed by atoms with Crippen molar-refractivity contribution in [3.05, 3.63) is 54.8 Å². The predicted molar refractivity (Wildman–Crippen MR) is 81.2 cm³/mol. The first kappa shape index (κ1) is 13.2. The molecular weight excluding hydrogens is 232 g/mol. The molecule has 2 aromatic rings. The van der Waals surface area contributed by atoms with Crippen LogP contribution in [0.5, 0.6) is 5.75 Å². The van der Waals surface area contributed by atoms with Crippen LogP contribution in [0.1, 0.15) is 31.7 Å². The monoisotopic (exact) mass is 250 g/mol. The van der Waals surface area contributed by atoms with Gasteiger partial charge in [0.15, 0.2) is 0 Å². The van der Waals surface area contributed by atoms with Gasteiger partial charge in [-0.15, -0.1) is 0 Å². The lowest BCUT2D eigenvalue weighted by Crippen LogP contribution is -1.88. The summed E-state index contributed by atoms with van der Waals surface area (Å²) in [4.78, 5) is 0. The van der Waals surface area contributed by atoms with Gasteiger partial charge in [0.25, 0.3) is 0 Å². The lowest BCUT2D eigenvalue weighted by Gasteiger charge is -2.07. The molecule has 1 heteroatoms. The second kappa shape index (κ2) is 6.66. The van der Waals surface area contributed by atoms with Crippen LogP contribution >= 0.6 is 0 Å². The van der Waals surface area contributed by atoms with Gasteiger partial charge in [-0.05, 0) is 17.9 Å². The smallest absolute Gasteiger partial charge is 0.142 e. The quantitative estimate of drug-likeness (QED) is 0.426. The Balaban J connectivity index is 2.48. The SMILES string of the molecule is C=COc1ccc2ccccc2c1C#CCCCC. The second-order valence-corrected chi connectivity index (χ2v) is 4.35. The highest BCUT2D eigenvalue weighted by molar-refractivity contribution is 5.90. The van der Waals surface area contributed by atoms with E-state index < -0.39 is 0 Å². The first-order chi connectivity index (χ1) is 9.36. The highest BCUT2D eigenvalue weighted by atomic mass is 16.5. The van der Waals surface area contributed by atoms with Crippen molar-refractivity contribution in [2.24, 2.45) is 0 Å². The zero-order chi connectivity index (χ0) is 13.5. The van der Waals surface area contributed by atoms with Crippen molar-refractivity contribution in [2.75, 3.05) is 0 Å². The van der Waals surface area contributed by atoms with E-state index in [1.165, 1.54) is 18.1 Å². The molecule has 0 N–H and O–H groups in total. The average molecular weight is 250 g/mol. The molecule has 2 rings (SSSR count). The van der Waals surface area contributed by atoms with Crippen LogP contribution < -0.4 is 4.74 Å². The Morgan fingerprint density at radius 1 is 1.21 bits per heavy atom. The summed E-state index contributed by atoms with van der Waals surface area (Å²) >= 11 is 0. The molecule has 0 fully saturated rings. The fourth-order valence-corrected chi connectivity index (χ4v) is 1.98. The molecule has 0 aliphatic rings. The third-order valence-corrected chi connectivity index (χ3v) is 2.97. The third-order valence-electron chi connectivity index (χ3n) is 2.97. The van der Waals surface area contributed by atoms with Gasteiger partial charge in [0.1, 0.15) is 5.75 Å². The van der Waals surface area contributed by atoms with E-state index in [-0.39, 0.29) is 0 Å². The van der Waals surface area contributed by atoms with Crippen molar-refractivity contribution in [1.29, 1.82) is 0 Å². The van der Waals surface area contributed by atoms with Crippen molar-refractivity contribution in [3.8, 4) is 17.6 Å². The third kappa shape index (κ3) is 3.17. The van der Waals surface area contributed by atoms with Gasteiger partial charge in [0, 0.05) is 11.8 Å². The molecular formula is C18H18O. The Morgan fingerprint density at radius 3 is 2.84 bits per heavy atom. The summed E-state index contributed by atoms with van der Waals surface area (Å²) in [5, 5.41) is 2.31. The van der Waals surface area contributed by atoms with Gasteiger partial charge in [-0.2, -0.15) is 0 Å². The maximum atomic E-state index is 5.46. The summed E-state index contributed by atoms with van der Waals surface area (Å²) in [6.07, 6.45) is 4.67. The predicted octanol–water partition coefficient (Wildman–Crippen LogP) is 4.90. The topological polar surface area (TPSA) is 9.23 Å². The van der Waals surface area contributed by atoms with Gasteiger partial charge in [0.2, 0.25) is 0 Å². The minimum absolute atomic E-state index is 0.776. The minimum atomic E-state index is 0.776. The molecule has 0 aromatic heterocycles. The van der Waals surface area contributed by atoms with E-state index in [9.17, 15) is 0 Å². The van der Waals surface area contributed by atoms with Crippen LogP contribution in [0.4, 0.5) is 0 Å². The van der Waals surface area contributed by atoms with Gasteiger partial charge >= 0.3 is 0 Å². The number of ether oxygens (including phenoxy) is 1. The van der Waals surface area contributed by atoms with E-state index in [1.54, 1.807) is 0 Å². The molecule has 19 heavy (non-hydrogen) atoms. The van der Waals surface area contributed by atoms with Gasteiger partial charge in [-0.1, -0.05) is 62.1 Å². The standard InChI is InChI=1S/C18H18O/c1-3-5-6-7-12-17-16-11-9-8-10-15(16)13-14-18(17)19-4-2/h4,8-11,13-14H,2-3,5-6H2,1H3. The molecule has 2 aromatic carbocycles. The summed E-state index contributed by atoms with van der Waals surface area (Å²) in [5.41, 5.74) is 0.953. The lowest BCUT2D eigenvalue weighted by molar-refractivity contribution is 0.483. The van der Waals surface area contributed by atoms with Gasteiger partial charge in [0.05, 0.1) is 11.8 Å². The molecule has 0 atom stereocenters. The van der Waals surface area contributed by atoms with Crippen LogP contribution in [-0.4, -0.2) is 0 Å². The van der Waals surface area contributed by atoms with Crippen molar-refractivity contribution in [2.45, 2.75) is 26.2 Å². The van der Waals surface area contributed by atoms with E-state index in [2.05, 4.69) is 37.5 Å². The number of fused-ring (bicyclic) bond motifs is 1. The van der Waals surface area contributed by atoms with Crippen LogP contribution in [0, 0.1) is 11.8 Å². The Hall–Kier alpha value is -2.20. The second-order valence-electron chi connectivity index (χ2n) is 4.35. The molecule has 96 valence electrons. The van der Waals surface area contributed by atoms with Gasteiger partial charge in [-0.3, -0.25) is 0 Å². The zero-order valence-electron chi connectivity index (χ0n) is 11.3. The summed E-state index contributed by atoms with van der Waals surface area (Å²) in [6.45, 7) is 5.79. The average Bonchev–Trinajstić information content (AvgIpc) is 2.45. The first-order valence-corrected chi connectivity index (χ1v) is 6.65. The van der Waals surface area contributed by atoms with Crippen molar-refractivity contribution in [3.63, 3.8) is 0 Å². The number of hydrogen-bond acceptors (Lipinski definition) is 1. The molecule has 0 amide bonds. The summed E-state index contributed by atoms with van der Waals surface area (Å²) < 4.78 is 5.46. The molecule has 0 aliphatic carbocycles. The molecule has 0 unspecified atom stereocenters. The van der Waals surface area contributed by atoms with Crippen molar-refractivity contribution >= 4 is 10.8 Å². The molecule has 0 bridgehead atoms. The fraction of sp³-hybridized carbons (Fsp3) is 0.222. The molecule has 0 saturated heterocycles. The van der Waals surface area contributed by atoms with E-state index in [1.807, 2.05) is 24.3 Å². The first-order valence-electron chi connectivity index (χ1n) is 6.65. The Labute approximate surface area is 114 Å². The summed E-state index contributed by atoms with van der Waals surface area (Å²) in [7, 11) is 0. The van der Waals surface area contributed by atoms with Gasteiger partial charge in [-0.25, -0.2) is 0 Å². The van der Waals surface area contributed by atoms with Crippen LogP contribution in [-0.2, 0) is 0 Å². The normalized spacial score (nSPS) is 9.74. The van der Waals surface area contributed by atoms with Crippen LogP contribution in [0.25, 0.3) is 10.8 Å². The van der Waals surface area contributed by atoms with E-state index in [4.69, 9.17) is 4.74 Å². The number of hydrogen-bond donors (Lipinski definition) is 0. The Kier molecular flexibility index (Phi) is 4.64. The maximum absolute atomic E-state index is 5.46. The summed E-state index contributed by atoms with van der Waals surface area (Å²) in [6, 6.07) is 12.2.